The highest BCUT2D eigenvalue weighted by Gasteiger charge is 2.44. The monoisotopic (exact) mass is 1340 g/mol. The molecule has 7 unspecified atom stereocenters. The fraction of sp³-hybridized carbons (Fsp3) is 0.872. The zero-order valence-electron chi connectivity index (χ0n) is 62.9. The number of amides is 1. The van der Waals surface area contributed by atoms with E-state index in [1.807, 2.05) is 6.08 Å². The summed E-state index contributed by atoms with van der Waals surface area (Å²) in [5.74, 6) is -0.178. The van der Waals surface area contributed by atoms with Gasteiger partial charge in [-0.2, -0.15) is 0 Å². The van der Waals surface area contributed by atoms with Crippen molar-refractivity contribution in [2.45, 2.75) is 468 Å². The van der Waals surface area contributed by atoms with Gasteiger partial charge in [0.15, 0.2) is 6.29 Å². The van der Waals surface area contributed by atoms with Crippen molar-refractivity contribution in [1.82, 2.24) is 5.32 Å². The highest BCUT2D eigenvalue weighted by atomic mass is 16.7. The van der Waals surface area contributed by atoms with Crippen LogP contribution in [-0.2, 0) is 14.3 Å². The molecule has 0 aromatic carbocycles. The molecule has 1 aliphatic rings. The topological polar surface area (TPSA) is 149 Å². The van der Waals surface area contributed by atoms with Crippen LogP contribution >= 0.6 is 0 Å². The molecule has 0 radical (unpaired) electrons. The molecule has 1 aliphatic heterocycles. The van der Waals surface area contributed by atoms with E-state index in [0.717, 1.165) is 51.4 Å². The van der Waals surface area contributed by atoms with E-state index in [1.54, 1.807) is 6.08 Å². The summed E-state index contributed by atoms with van der Waals surface area (Å²) in [5, 5.41) is 54.9. The van der Waals surface area contributed by atoms with Gasteiger partial charge in [0.2, 0.25) is 5.91 Å². The second kappa shape index (κ2) is 74.6. The first-order chi connectivity index (χ1) is 46.8. The molecule has 1 amide bonds. The van der Waals surface area contributed by atoms with Crippen LogP contribution in [-0.4, -0.2) is 87.5 Å². The van der Waals surface area contributed by atoms with Crippen LogP contribution in [0.1, 0.15) is 425 Å². The Morgan fingerprint density at radius 2 is 0.632 bits per heavy atom. The minimum Gasteiger partial charge on any atom is -0.394 e. The number of aliphatic hydroxyl groups excluding tert-OH is 5. The first-order valence-electron chi connectivity index (χ1n) is 42.0. The lowest BCUT2D eigenvalue weighted by atomic mass is 9.99. The molecule has 1 heterocycles. The van der Waals surface area contributed by atoms with E-state index in [1.165, 1.54) is 353 Å². The van der Waals surface area contributed by atoms with Crippen molar-refractivity contribution in [1.29, 1.82) is 0 Å². The zero-order valence-corrected chi connectivity index (χ0v) is 62.9. The fourth-order valence-electron chi connectivity index (χ4n) is 13.5. The van der Waals surface area contributed by atoms with Gasteiger partial charge in [0.05, 0.1) is 25.4 Å². The number of unbranched alkanes of at least 4 members (excludes halogenated alkanes) is 57. The molecule has 6 N–H and O–H groups in total. The van der Waals surface area contributed by atoms with Crippen LogP contribution in [0, 0.1) is 0 Å². The van der Waals surface area contributed by atoms with Crippen LogP contribution in [0.15, 0.2) is 60.8 Å². The molecular weight excluding hydrogens is 1170 g/mol. The number of rotatable bonds is 75. The Kier molecular flexibility index (Phi) is 71.4. The van der Waals surface area contributed by atoms with Crippen molar-refractivity contribution in [3.8, 4) is 0 Å². The summed E-state index contributed by atoms with van der Waals surface area (Å²) in [7, 11) is 0. The summed E-state index contributed by atoms with van der Waals surface area (Å²) in [4.78, 5) is 13.2. The molecule has 0 saturated carbocycles. The molecule has 1 saturated heterocycles. The van der Waals surface area contributed by atoms with Crippen LogP contribution in [0.3, 0.4) is 0 Å². The number of nitrogens with one attached hydrogen (secondary N) is 1. The average Bonchev–Trinajstić information content (AvgIpc) is 0.836. The summed E-state index contributed by atoms with van der Waals surface area (Å²) >= 11 is 0. The lowest BCUT2D eigenvalue weighted by Gasteiger charge is -2.40. The van der Waals surface area contributed by atoms with Crippen LogP contribution in [0.4, 0.5) is 0 Å². The number of aliphatic hydroxyl groups is 5. The van der Waals surface area contributed by atoms with Gasteiger partial charge in [0.1, 0.15) is 24.4 Å². The van der Waals surface area contributed by atoms with Gasteiger partial charge in [0, 0.05) is 6.42 Å². The number of ether oxygens (including phenoxy) is 2. The maximum atomic E-state index is 13.2. The molecule has 0 aliphatic carbocycles. The van der Waals surface area contributed by atoms with Gasteiger partial charge >= 0.3 is 0 Å². The predicted molar refractivity (Wildman–Crippen MR) is 410 cm³/mol. The van der Waals surface area contributed by atoms with Crippen LogP contribution < -0.4 is 5.32 Å². The molecular formula is C86H161NO8. The van der Waals surface area contributed by atoms with Crippen molar-refractivity contribution in [3.63, 3.8) is 0 Å². The Labute approximate surface area is 589 Å². The van der Waals surface area contributed by atoms with E-state index in [9.17, 15) is 30.3 Å². The quantitative estimate of drug-likeness (QED) is 0.0261. The van der Waals surface area contributed by atoms with E-state index in [0.29, 0.717) is 6.42 Å². The van der Waals surface area contributed by atoms with E-state index < -0.39 is 49.5 Å². The fourth-order valence-corrected chi connectivity index (χ4v) is 13.5. The molecule has 95 heavy (non-hydrogen) atoms. The number of carbonyl (C=O) groups is 1. The Morgan fingerprint density at radius 1 is 0.358 bits per heavy atom. The molecule has 0 spiro atoms. The molecule has 9 nitrogen and oxygen atoms in total. The van der Waals surface area contributed by atoms with Gasteiger partial charge < -0.3 is 40.3 Å². The lowest BCUT2D eigenvalue weighted by Crippen LogP contribution is -2.60. The maximum absolute atomic E-state index is 13.2. The van der Waals surface area contributed by atoms with Gasteiger partial charge in [-0.25, -0.2) is 0 Å². The SMILES string of the molecule is CCCCCCC/C=C\C/C=C\C/C=C\CCCCCCCCCCCCCCCCCCCCCCCCCCCCC(=O)NC(COC1OC(CO)C(O)C(O)C1O)C(O)/C=C/CC/C=C/CCCCCCCCCCCCCCCCCCCCCCCCCCC. The second-order valence-electron chi connectivity index (χ2n) is 29.3. The van der Waals surface area contributed by atoms with Crippen molar-refractivity contribution in [2.75, 3.05) is 13.2 Å². The largest absolute Gasteiger partial charge is 0.394 e. The Bertz CT molecular complexity index is 1700. The zero-order chi connectivity index (χ0) is 68.5. The van der Waals surface area contributed by atoms with Crippen molar-refractivity contribution >= 4 is 5.91 Å². The van der Waals surface area contributed by atoms with Crippen LogP contribution in [0.25, 0.3) is 0 Å². The summed E-state index contributed by atoms with van der Waals surface area (Å²) in [5.41, 5.74) is 0. The molecule has 0 aromatic heterocycles. The van der Waals surface area contributed by atoms with Gasteiger partial charge in [-0.05, 0) is 70.6 Å². The summed E-state index contributed by atoms with van der Waals surface area (Å²) in [6, 6.07) is -0.824. The van der Waals surface area contributed by atoms with E-state index >= 15 is 0 Å². The molecule has 7 atom stereocenters. The minimum absolute atomic E-state index is 0.178. The first kappa shape index (κ1) is 90.9. The molecule has 1 fully saturated rings. The standard InChI is InChI=1S/C86H161NO8/c1-3-5-7-9-11-13-15-17-19-21-23-25-27-29-31-33-35-36-37-38-39-40-41-42-43-44-46-48-50-52-54-56-58-60-62-64-66-68-70-72-74-76-82(90)87-79(78-94-86-85(93)84(92)83(91)81(77-88)95-86)80(89)75-73-71-69-67-65-63-61-59-57-55-53-51-49-47-45-34-32-30-28-26-24-22-20-18-16-14-12-10-8-6-4-2/h15,17,21,23,27,29,65,67,73,75,79-81,83-86,88-89,91-93H,3-14,16,18-20,22,24-26,28,30-64,66,68-72,74,76-78H2,1-2H3,(H,87,90)/b17-15-,23-21-,29-27-,67-65+,75-73+. The maximum Gasteiger partial charge on any atom is 0.220 e. The first-order valence-corrected chi connectivity index (χ1v) is 42.0. The van der Waals surface area contributed by atoms with Crippen molar-refractivity contribution in [2.24, 2.45) is 0 Å². The van der Waals surface area contributed by atoms with Crippen molar-refractivity contribution in [3.05, 3.63) is 60.8 Å². The van der Waals surface area contributed by atoms with E-state index in [2.05, 4.69) is 67.8 Å². The molecule has 1 rings (SSSR count). The third-order valence-electron chi connectivity index (χ3n) is 20.1. The Balaban J connectivity index is 2.05. The smallest absolute Gasteiger partial charge is 0.220 e. The Hall–Kier alpha value is -2.11. The lowest BCUT2D eigenvalue weighted by molar-refractivity contribution is -0.302. The number of carbonyl (C=O) groups excluding carboxylic acids is 1. The van der Waals surface area contributed by atoms with Gasteiger partial charge in [0.25, 0.3) is 0 Å². The van der Waals surface area contributed by atoms with Crippen LogP contribution in [0.2, 0.25) is 0 Å². The predicted octanol–water partition coefficient (Wildman–Crippen LogP) is 24.4. The van der Waals surface area contributed by atoms with Gasteiger partial charge in [-0.1, -0.05) is 408 Å². The summed E-state index contributed by atoms with van der Waals surface area (Å²) < 4.78 is 11.3. The molecule has 0 bridgehead atoms. The summed E-state index contributed by atoms with van der Waals surface area (Å²) in [6.45, 7) is 3.81. The van der Waals surface area contributed by atoms with Crippen LogP contribution in [0.5, 0.6) is 0 Å². The van der Waals surface area contributed by atoms with Gasteiger partial charge in [-0.3, -0.25) is 4.79 Å². The normalized spacial score (nSPS) is 17.7. The number of hydrogen-bond donors (Lipinski definition) is 6. The minimum atomic E-state index is -1.57. The third-order valence-corrected chi connectivity index (χ3v) is 20.1. The number of allylic oxidation sites excluding steroid dienone is 9. The van der Waals surface area contributed by atoms with E-state index in [-0.39, 0.29) is 12.5 Å². The Morgan fingerprint density at radius 3 is 0.958 bits per heavy atom. The van der Waals surface area contributed by atoms with Gasteiger partial charge in [-0.15, -0.1) is 0 Å². The third kappa shape index (κ3) is 62.6. The number of hydrogen-bond acceptors (Lipinski definition) is 8. The molecule has 9 heteroatoms. The second-order valence-corrected chi connectivity index (χ2v) is 29.3. The highest BCUT2D eigenvalue weighted by Crippen LogP contribution is 2.24. The summed E-state index contributed by atoms with van der Waals surface area (Å²) in [6.07, 6.45) is 98.2. The molecule has 0 aromatic rings. The van der Waals surface area contributed by atoms with E-state index in [4.69, 9.17) is 9.47 Å². The molecule has 558 valence electrons. The highest BCUT2D eigenvalue weighted by molar-refractivity contribution is 5.76. The average molecular weight is 1340 g/mol. The van der Waals surface area contributed by atoms with Crippen molar-refractivity contribution < 1.29 is 39.8 Å².